The SMILES string of the molecule is CC(=O)N(CCNC(=O)Cc1cccc(C)c1)C1CC1. The number of amides is 2. The standard InChI is InChI=1S/C16H22N2O2/c1-12-4-3-5-14(10-12)11-16(20)17-8-9-18(13(2)19)15-6-7-15/h3-5,10,15H,6-9,11H2,1-2H3,(H,17,20). The normalized spacial score (nSPS) is 13.9. The van der Waals surface area contributed by atoms with E-state index in [1.54, 1.807) is 6.92 Å². The number of nitrogens with one attached hydrogen (secondary N) is 1. The molecular weight excluding hydrogens is 252 g/mol. The molecule has 0 spiro atoms. The monoisotopic (exact) mass is 274 g/mol. The summed E-state index contributed by atoms with van der Waals surface area (Å²) in [6.07, 6.45) is 2.58. The van der Waals surface area contributed by atoms with Gasteiger partial charge in [0.15, 0.2) is 0 Å². The van der Waals surface area contributed by atoms with E-state index in [4.69, 9.17) is 0 Å². The molecular formula is C16H22N2O2. The number of carbonyl (C=O) groups excluding carboxylic acids is 2. The molecule has 0 heterocycles. The predicted octanol–water partition coefficient (Wildman–Crippen LogP) is 1.66. The summed E-state index contributed by atoms with van der Waals surface area (Å²) in [6, 6.07) is 8.36. The summed E-state index contributed by atoms with van der Waals surface area (Å²) in [5.41, 5.74) is 2.18. The number of rotatable bonds is 6. The van der Waals surface area contributed by atoms with Crippen LogP contribution in [0.2, 0.25) is 0 Å². The third-order valence-corrected chi connectivity index (χ3v) is 3.51. The Morgan fingerprint density at radius 1 is 1.35 bits per heavy atom. The number of nitrogens with zero attached hydrogens (tertiary/aromatic N) is 1. The van der Waals surface area contributed by atoms with Gasteiger partial charge < -0.3 is 10.2 Å². The molecule has 4 nitrogen and oxygen atoms in total. The van der Waals surface area contributed by atoms with Crippen LogP contribution in [0.25, 0.3) is 0 Å². The van der Waals surface area contributed by atoms with Crippen molar-refractivity contribution in [1.82, 2.24) is 10.2 Å². The van der Waals surface area contributed by atoms with E-state index >= 15 is 0 Å². The largest absolute Gasteiger partial charge is 0.354 e. The fourth-order valence-corrected chi connectivity index (χ4v) is 2.37. The molecule has 1 fully saturated rings. The highest BCUT2D eigenvalue weighted by Crippen LogP contribution is 2.26. The lowest BCUT2D eigenvalue weighted by atomic mass is 10.1. The molecule has 1 aromatic carbocycles. The smallest absolute Gasteiger partial charge is 0.224 e. The lowest BCUT2D eigenvalue weighted by molar-refractivity contribution is -0.130. The second-order valence-corrected chi connectivity index (χ2v) is 5.46. The third-order valence-electron chi connectivity index (χ3n) is 3.51. The van der Waals surface area contributed by atoms with Gasteiger partial charge in [0.1, 0.15) is 0 Å². The van der Waals surface area contributed by atoms with Crippen LogP contribution in [0.4, 0.5) is 0 Å². The molecule has 2 amide bonds. The van der Waals surface area contributed by atoms with Crippen LogP contribution < -0.4 is 5.32 Å². The maximum Gasteiger partial charge on any atom is 0.224 e. The van der Waals surface area contributed by atoms with Gasteiger partial charge in [0, 0.05) is 26.1 Å². The fourth-order valence-electron chi connectivity index (χ4n) is 2.37. The van der Waals surface area contributed by atoms with Crippen LogP contribution in [0.3, 0.4) is 0 Å². The molecule has 0 aromatic heterocycles. The topological polar surface area (TPSA) is 49.4 Å². The van der Waals surface area contributed by atoms with Gasteiger partial charge in [0.05, 0.1) is 6.42 Å². The molecule has 108 valence electrons. The van der Waals surface area contributed by atoms with Crippen LogP contribution in [0, 0.1) is 6.92 Å². The van der Waals surface area contributed by atoms with Crippen molar-refractivity contribution in [1.29, 1.82) is 0 Å². The van der Waals surface area contributed by atoms with Crippen LogP contribution in [-0.2, 0) is 16.0 Å². The average molecular weight is 274 g/mol. The number of hydrogen-bond acceptors (Lipinski definition) is 2. The molecule has 1 saturated carbocycles. The Kier molecular flexibility index (Phi) is 4.77. The summed E-state index contributed by atoms with van der Waals surface area (Å²) in [6.45, 7) is 4.74. The minimum atomic E-state index is 0.00917. The van der Waals surface area contributed by atoms with Crippen molar-refractivity contribution in [3.8, 4) is 0 Å². The summed E-state index contributed by atoms with van der Waals surface area (Å²) in [4.78, 5) is 25.1. The highest BCUT2D eigenvalue weighted by molar-refractivity contribution is 5.78. The van der Waals surface area contributed by atoms with Crippen molar-refractivity contribution in [2.75, 3.05) is 13.1 Å². The summed E-state index contributed by atoms with van der Waals surface area (Å²) in [7, 11) is 0. The van der Waals surface area contributed by atoms with Gasteiger partial charge in [-0.15, -0.1) is 0 Å². The highest BCUT2D eigenvalue weighted by Gasteiger charge is 2.30. The van der Waals surface area contributed by atoms with Crippen LogP contribution in [-0.4, -0.2) is 35.8 Å². The predicted molar refractivity (Wildman–Crippen MR) is 78.3 cm³/mol. The molecule has 1 aliphatic carbocycles. The number of hydrogen-bond donors (Lipinski definition) is 1. The fraction of sp³-hybridized carbons (Fsp3) is 0.500. The molecule has 4 heteroatoms. The van der Waals surface area contributed by atoms with Gasteiger partial charge in [-0.3, -0.25) is 9.59 Å². The summed E-state index contributed by atoms with van der Waals surface area (Å²) in [5, 5.41) is 2.89. The molecule has 1 aliphatic rings. The van der Waals surface area contributed by atoms with Crippen molar-refractivity contribution in [3.63, 3.8) is 0 Å². The van der Waals surface area contributed by atoms with Gasteiger partial charge in [-0.25, -0.2) is 0 Å². The van der Waals surface area contributed by atoms with Gasteiger partial charge >= 0.3 is 0 Å². The molecule has 20 heavy (non-hydrogen) atoms. The molecule has 0 saturated heterocycles. The number of benzene rings is 1. The van der Waals surface area contributed by atoms with E-state index < -0.39 is 0 Å². The van der Waals surface area contributed by atoms with E-state index in [0.717, 1.165) is 24.0 Å². The summed E-state index contributed by atoms with van der Waals surface area (Å²) >= 11 is 0. The molecule has 0 unspecified atom stereocenters. The van der Waals surface area contributed by atoms with E-state index in [2.05, 4.69) is 5.32 Å². The van der Waals surface area contributed by atoms with Gasteiger partial charge in [0.2, 0.25) is 11.8 Å². The highest BCUT2D eigenvalue weighted by atomic mass is 16.2. The van der Waals surface area contributed by atoms with Crippen molar-refractivity contribution in [2.24, 2.45) is 0 Å². The second kappa shape index (κ2) is 6.55. The molecule has 0 bridgehead atoms. The molecule has 2 rings (SSSR count). The Morgan fingerprint density at radius 2 is 2.10 bits per heavy atom. The number of aryl methyl sites for hydroxylation is 1. The van der Waals surface area contributed by atoms with Crippen molar-refractivity contribution in [2.45, 2.75) is 39.2 Å². The van der Waals surface area contributed by atoms with E-state index in [-0.39, 0.29) is 11.8 Å². The van der Waals surface area contributed by atoms with E-state index in [9.17, 15) is 9.59 Å². The molecule has 1 N–H and O–H groups in total. The first-order chi connectivity index (χ1) is 9.56. The van der Waals surface area contributed by atoms with Crippen molar-refractivity contribution < 1.29 is 9.59 Å². The Balaban J connectivity index is 1.73. The Hall–Kier alpha value is -1.84. The zero-order chi connectivity index (χ0) is 14.5. The van der Waals surface area contributed by atoms with Crippen molar-refractivity contribution >= 4 is 11.8 Å². The van der Waals surface area contributed by atoms with E-state index in [0.29, 0.717) is 25.6 Å². The molecule has 0 radical (unpaired) electrons. The first-order valence-electron chi connectivity index (χ1n) is 7.15. The molecule has 1 aromatic rings. The van der Waals surface area contributed by atoms with E-state index in [1.807, 2.05) is 36.1 Å². The summed E-state index contributed by atoms with van der Waals surface area (Å²) in [5.74, 6) is 0.107. The first kappa shape index (κ1) is 14.6. The average Bonchev–Trinajstić information content (AvgIpc) is 3.18. The first-order valence-corrected chi connectivity index (χ1v) is 7.15. The van der Waals surface area contributed by atoms with Crippen molar-refractivity contribution in [3.05, 3.63) is 35.4 Å². The minimum Gasteiger partial charge on any atom is -0.354 e. The lowest BCUT2D eigenvalue weighted by Crippen LogP contribution is -2.39. The minimum absolute atomic E-state index is 0.00917. The van der Waals surface area contributed by atoms with Crippen LogP contribution in [0.15, 0.2) is 24.3 Å². The summed E-state index contributed by atoms with van der Waals surface area (Å²) < 4.78 is 0. The molecule has 0 atom stereocenters. The number of carbonyl (C=O) groups is 2. The third kappa shape index (κ3) is 4.37. The Morgan fingerprint density at radius 3 is 2.70 bits per heavy atom. The maximum absolute atomic E-state index is 11.8. The quantitative estimate of drug-likeness (QED) is 0.857. The van der Waals surface area contributed by atoms with Gasteiger partial charge in [-0.1, -0.05) is 29.8 Å². The van der Waals surface area contributed by atoms with Crippen LogP contribution in [0.5, 0.6) is 0 Å². The zero-order valence-corrected chi connectivity index (χ0v) is 12.2. The van der Waals surface area contributed by atoms with Gasteiger partial charge in [-0.05, 0) is 25.3 Å². The van der Waals surface area contributed by atoms with Crippen LogP contribution in [0.1, 0.15) is 30.9 Å². The van der Waals surface area contributed by atoms with Gasteiger partial charge in [-0.2, -0.15) is 0 Å². The van der Waals surface area contributed by atoms with E-state index in [1.165, 1.54) is 0 Å². The maximum atomic E-state index is 11.8. The molecule has 0 aliphatic heterocycles. The zero-order valence-electron chi connectivity index (χ0n) is 12.2. The Labute approximate surface area is 120 Å². The van der Waals surface area contributed by atoms with Crippen LogP contribution >= 0.6 is 0 Å². The van der Waals surface area contributed by atoms with Gasteiger partial charge in [0.25, 0.3) is 0 Å². The lowest BCUT2D eigenvalue weighted by Gasteiger charge is -2.20. The second-order valence-electron chi connectivity index (χ2n) is 5.46. The Bertz CT molecular complexity index is 495.